The number of ketones is 1. The monoisotopic (exact) mass is 195 g/mol. The fraction of sp³-hybridized carbons (Fsp3) is 0.500. The van der Waals surface area contributed by atoms with E-state index in [1.807, 2.05) is 0 Å². The summed E-state index contributed by atoms with van der Waals surface area (Å²) < 4.78 is 0. The van der Waals surface area contributed by atoms with E-state index in [1.54, 1.807) is 18.3 Å². The number of nitrogens with two attached hydrogens (primary N) is 1. The van der Waals surface area contributed by atoms with Crippen LogP contribution < -0.4 is 5.73 Å². The number of thiophene rings is 1. The SMILES string of the molecule is CC(=O)c1c(N)sc2c1CCCC2. The maximum Gasteiger partial charge on any atom is 0.163 e. The molecule has 0 saturated carbocycles. The molecule has 0 aromatic carbocycles. The highest BCUT2D eigenvalue weighted by Gasteiger charge is 2.21. The first-order valence-electron chi connectivity index (χ1n) is 4.61. The first kappa shape index (κ1) is 8.75. The predicted octanol–water partition coefficient (Wildman–Crippen LogP) is 2.41. The lowest BCUT2D eigenvalue weighted by Crippen LogP contribution is -2.04. The fourth-order valence-electron chi connectivity index (χ4n) is 1.97. The molecule has 2 rings (SSSR count). The smallest absolute Gasteiger partial charge is 0.163 e. The standard InChI is InChI=1S/C10H13NOS/c1-6(12)9-7-4-2-3-5-8(7)13-10(9)11/h2-5,11H2,1H3. The van der Waals surface area contributed by atoms with Crippen LogP contribution in [0.3, 0.4) is 0 Å². The number of rotatable bonds is 1. The van der Waals surface area contributed by atoms with Crippen molar-refractivity contribution in [3.63, 3.8) is 0 Å². The van der Waals surface area contributed by atoms with Gasteiger partial charge in [0.05, 0.1) is 10.6 Å². The van der Waals surface area contributed by atoms with E-state index in [2.05, 4.69) is 0 Å². The summed E-state index contributed by atoms with van der Waals surface area (Å²) in [4.78, 5) is 12.7. The molecule has 1 heterocycles. The van der Waals surface area contributed by atoms with Crippen molar-refractivity contribution in [3.8, 4) is 0 Å². The number of anilines is 1. The molecule has 70 valence electrons. The Kier molecular flexibility index (Phi) is 2.12. The number of carbonyl (C=O) groups is 1. The highest BCUT2D eigenvalue weighted by molar-refractivity contribution is 7.16. The molecule has 0 radical (unpaired) electrons. The number of hydrogen-bond acceptors (Lipinski definition) is 3. The van der Waals surface area contributed by atoms with Gasteiger partial charge in [-0.05, 0) is 38.2 Å². The Labute approximate surface area is 81.8 Å². The first-order valence-corrected chi connectivity index (χ1v) is 5.42. The Balaban J connectivity index is 2.54. The highest BCUT2D eigenvalue weighted by atomic mass is 32.1. The Bertz CT molecular complexity index is 354. The van der Waals surface area contributed by atoms with Gasteiger partial charge in [0.1, 0.15) is 0 Å². The van der Waals surface area contributed by atoms with Gasteiger partial charge in [0.15, 0.2) is 5.78 Å². The Hall–Kier alpha value is -0.830. The Morgan fingerprint density at radius 3 is 2.77 bits per heavy atom. The van der Waals surface area contributed by atoms with Crippen molar-refractivity contribution < 1.29 is 4.79 Å². The molecule has 0 bridgehead atoms. The largest absolute Gasteiger partial charge is 0.390 e. The zero-order valence-electron chi connectivity index (χ0n) is 7.72. The lowest BCUT2D eigenvalue weighted by Gasteiger charge is -2.10. The summed E-state index contributed by atoms with van der Waals surface area (Å²) in [6.45, 7) is 1.60. The van der Waals surface area contributed by atoms with Crippen molar-refractivity contribution in [1.82, 2.24) is 0 Å². The van der Waals surface area contributed by atoms with Crippen molar-refractivity contribution in [3.05, 3.63) is 16.0 Å². The molecule has 0 unspecified atom stereocenters. The van der Waals surface area contributed by atoms with Crippen LogP contribution in [-0.4, -0.2) is 5.78 Å². The molecule has 1 aromatic heterocycles. The van der Waals surface area contributed by atoms with Gasteiger partial charge in [0, 0.05) is 4.88 Å². The summed E-state index contributed by atoms with van der Waals surface area (Å²) in [6, 6.07) is 0. The molecule has 0 amide bonds. The predicted molar refractivity (Wildman–Crippen MR) is 55.4 cm³/mol. The van der Waals surface area contributed by atoms with E-state index in [0.717, 1.165) is 23.4 Å². The van der Waals surface area contributed by atoms with Gasteiger partial charge < -0.3 is 5.73 Å². The maximum absolute atomic E-state index is 11.3. The van der Waals surface area contributed by atoms with Gasteiger partial charge in [-0.1, -0.05) is 0 Å². The molecule has 3 heteroatoms. The second-order valence-corrected chi connectivity index (χ2v) is 4.64. The maximum atomic E-state index is 11.3. The Morgan fingerprint density at radius 1 is 1.38 bits per heavy atom. The van der Waals surface area contributed by atoms with Crippen molar-refractivity contribution in [2.45, 2.75) is 32.6 Å². The quantitative estimate of drug-likeness (QED) is 0.699. The van der Waals surface area contributed by atoms with E-state index < -0.39 is 0 Å². The van der Waals surface area contributed by atoms with E-state index >= 15 is 0 Å². The molecule has 1 aromatic rings. The van der Waals surface area contributed by atoms with Crippen LogP contribution in [0, 0.1) is 0 Å². The minimum atomic E-state index is 0.122. The summed E-state index contributed by atoms with van der Waals surface area (Å²) in [5.41, 5.74) is 7.86. The van der Waals surface area contributed by atoms with E-state index in [9.17, 15) is 4.79 Å². The van der Waals surface area contributed by atoms with Crippen molar-refractivity contribution >= 4 is 22.1 Å². The average Bonchev–Trinajstić information content (AvgIpc) is 2.39. The highest BCUT2D eigenvalue weighted by Crippen LogP contribution is 2.36. The summed E-state index contributed by atoms with van der Waals surface area (Å²) in [5.74, 6) is 0.122. The summed E-state index contributed by atoms with van der Waals surface area (Å²) in [6.07, 6.45) is 4.59. The van der Waals surface area contributed by atoms with Gasteiger partial charge in [-0.2, -0.15) is 0 Å². The number of fused-ring (bicyclic) bond motifs is 1. The van der Waals surface area contributed by atoms with Crippen molar-refractivity contribution in [1.29, 1.82) is 0 Å². The normalized spacial score (nSPS) is 15.5. The van der Waals surface area contributed by atoms with Gasteiger partial charge in [-0.15, -0.1) is 11.3 Å². The molecule has 0 fully saturated rings. The average molecular weight is 195 g/mol. The van der Waals surface area contributed by atoms with E-state index in [-0.39, 0.29) is 5.78 Å². The van der Waals surface area contributed by atoms with E-state index in [1.165, 1.54) is 23.3 Å². The van der Waals surface area contributed by atoms with Crippen LogP contribution in [0.25, 0.3) is 0 Å². The molecule has 0 spiro atoms. The number of nitrogen functional groups attached to an aromatic ring is 1. The second kappa shape index (κ2) is 3.14. The van der Waals surface area contributed by atoms with E-state index in [4.69, 9.17) is 5.73 Å². The first-order chi connectivity index (χ1) is 6.20. The van der Waals surface area contributed by atoms with Crippen LogP contribution in [0.2, 0.25) is 0 Å². The Morgan fingerprint density at radius 2 is 2.08 bits per heavy atom. The van der Waals surface area contributed by atoms with Crippen LogP contribution in [0.1, 0.15) is 40.6 Å². The zero-order chi connectivity index (χ0) is 9.42. The topological polar surface area (TPSA) is 43.1 Å². The molecule has 0 atom stereocenters. The van der Waals surface area contributed by atoms with Gasteiger partial charge >= 0.3 is 0 Å². The number of carbonyl (C=O) groups excluding carboxylic acids is 1. The number of hydrogen-bond donors (Lipinski definition) is 1. The van der Waals surface area contributed by atoms with Gasteiger partial charge in [-0.25, -0.2) is 0 Å². The molecule has 2 nitrogen and oxygen atoms in total. The minimum Gasteiger partial charge on any atom is -0.390 e. The van der Waals surface area contributed by atoms with Crippen LogP contribution in [0.15, 0.2) is 0 Å². The van der Waals surface area contributed by atoms with Crippen LogP contribution in [0.4, 0.5) is 5.00 Å². The van der Waals surface area contributed by atoms with Crippen LogP contribution in [-0.2, 0) is 12.8 Å². The third-order valence-electron chi connectivity index (χ3n) is 2.55. The molecule has 2 N–H and O–H groups in total. The molecular formula is C10H13NOS. The van der Waals surface area contributed by atoms with Crippen molar-refractivity contribution in [2.24, 2.45) is 0 Å². The summed E-state index contributed by atoms with van der Waals surface area (Å²) in [7, 11) is 0. The van der Waals surface area contributed by atoms with Gasteiger partial charge in [0.25, 0.3) is 0 Å². The molecule has 1 aliphatic carbocycles. The minimum absolute atomic E-state index is 0.122. The lowest BCUT2D eigenvalue weighted by atomic mass is 9.94. The third kappa shape index (κ3) is 1.37. The third-order valence-corrected chi connectivity index (χ3v) is 3.67. The molecule has 0 aliphatic heterocycles. The molecule has 13 heavy (non-hydrogen) atoms. The van der Waals surface area contributed by atoms with Crippen molar-refractivity contribution in [2.75, 3.05) is 5.73 Å². The van der Waals surface area contributed by atoms with Crippen LogP contribution >= 0.6 is 11.3 Å². The summed E-state index contributed by atoms with van der Waals surface area (Å²) >= 11 is 1.60. The molecular weight excluding hydrogens is 182 g/mol. The second-order valence-electron chi connectivity index (χ2n) is 3.51. The molecule has 0 saturated heterocycles. The lowest BCUT2D eigenvalue weighted by molar-refractivity contribution is 0.101. The zero-order valence-corrected chi connectivity index (χ0v) is 8.54. The number of Topliss-reactive ketones (excluding diaryl/α,β-unsaturated/α-hetero) is 1. The van der Waals surface area contributed by atoms with Crippen LogP contribution in [0.5, 0.6) is 0 Å². The van der Waals surface area contributed by atoms with Gasteiger partial charge in [-0.3, -0.25) is 4.79 Å². The fourth-order valence-corrected chi connectivity index (χ4v) is 3.18. The number of aryl methyl sites for hydroxylation is 1. The molecule has 1 aliphatic rings. The van der Waals surface area contributed by atoms with E-state index in [0.29, 0.717) is 0 Å². The summed E-state index contributed by atoms with van der Waals surface area (Å²) in [5, 5.41) is 0.722. The van der Waals surface area contributed by atoms with Gasteiger partial charge in [0.2, 0.25) is 0 Å².